The Labute approximate surface area is 47.9 Å². The molecule has 0 bridgehead atoms. The molecule has 0 radical (unpaired) electrons. The standard InChI is InChI=1S/C3H8NO3P/c1-2-3(4)7-8(5)6/h2-3,8H,1,4H2,(H,5,6). The first-order valence-corrected chi connectivity index (χ1v) is 3.21. The van der Waals surface area contributed by atoms with Crippen molar-refractivity contribution in [2.45, 2.75) is 6.23 Å². The molecular weight excluding hydrogens is 129 g/mol. The van der Waals surface area contributed by atoms with Crippen LogP contribution in [0.3, 0.4) is 0 Å². The van der Waals surface area contributed by atoms with Crippen LogP contribution >= 0.6 is 8.25 Å². The third kappa shape index (κ3) is 4.02. The maximum atomic E-state index is 9.80. The summed E-state index contributed by atoms with van der Waals surface area (Å²) in [6, 6.07) is 0. The van der Waals surface area contributed by atoms with Crippen LogP contribution in [-0.2, 0) is 9.09 Å². The second-order valence-electron chi connectivity index (χ2n) is 1.08. The second-order valence-corrected chi connectivity index (χ2v) is 1.85. The van der Waals surface area contributed by atoms with E-state index in [2.05, 4.69) is 11.1 Å². The molecule has 48 valence electrons. The lowest BCUT2D eigenvalue weighted by atomic mass is 10.6. The third-order valence-electron chi connectivity index (χ3n) is 0.469. The van der Waals surface area contributed by atoms with Gasteiger partial charge >= 0.3 is 8.25 Å². The van der Waals surface area contributed by atoms with Gasteiger partial charge in [0.05, 0.1) is 0 Å². The Bertz CT molecular complexity index is 105. The Morgan fingerprint density at radius 1 is 2.00 bits per heavy atom. The van der Waals surface area contributed by atoms with Gasteiger partial charge in [-0.25, -0.2) is 0 Å². The summed E-state index contributed by atoms with van der Waals surface area (Å²) in [6.07, 6.45) is 0.407. The Morgan fingerprint density at radius 3 is 2.62 bits per heavy atom. The van der Waals surface area contributed by atoms with Gasteiger partial charge in [0.2, 0.25) is 0 Å². The van der Waals surface area contributed by atoms with Crippen molar-refractivity contribution in [3.63, 3.8) is 0 Å². The molecule has 0 aromatic rings. The van der Waals surface area contributed by atoms with Crippen molar-refractivity contribution < 1.29 is 14.0 Å². The average molecular weight is 137 g/mol. The van der Waals surface area contributed by atoms with Crippen LogP contribution < -0.4 is 5.73 Å². The van der Waals surface area contributed by atoms with Crippen LogP contribution in [0.15, 0.2) is 12.7 Å². The molecule has 0 rings (SSSR count). The number of rotatable bonds is 3. The van der Waals surface area contributed by atoms with Crippen LogP contribution in [0.4, 0.5) is 0 Å². The summed E-state index contributed by atoms with van der Waals surface area (Å²) in [7, 11) is -2.89. The molecule has 0 heterocycles. The second kappa shape index (κ2) is 3.80. The van der Waals surface area contributed by atoms with Gasteiger partial charge < -0.3 is 10.6 Å². The van der Waals surface area contributed by atoms with Crippen molar-refractivity contribution in [3.8, 4) is 0 Å². The highest BCUT2D eigenvalue weighted by atomic mass is 31.1. The Kier molecular flexibility index (Phi) is 3.73. The first-order chi connectivity index (χ1) is 3.66. The molecule has 4 nitrogen and oxygen atoms in total. The zero-order valence-electron chi connectivity index (χ0n) is 4.20. The summed E-state index contributed by atoms with van der Waals surface area (Å²) in [5.41, 5.74) is 5.00. The quantitative estimate of drug-likeness (QED) is 0.322. The maximum Gasteiger partial charge on any atom is 0.318 e. The Morgan fingerprint density at radius 2 is 2.50 bits per heavy atom. The van der Waals surface area contributed by atoms with Crippen molar-refractivity contribution in [1.82, 2.24) is 0 Å². The number of nitrogens with two attached hydrogens (primary N) is 1. The highest BCUT2D eigenvalue weighted by Crippen LogP contribution is 2.15. The minimum absolute atomic E-state index is 0.827. The highest BCUT2D eigenvalue weighted by molar-refractivity contribution is 7.32. The van der Waals surface area contributed by atoms with Gasteiger partial charge in [-0.3, -0.25) is 9.09 Å². The first kappa shape index (κ1) is 7.85. The highest BCUT2D eigenvalue weighted by Gasteiger charge is 1.96. The van der Waals surface area contributed by atoms with E-state index >= 15 is 0 Å². The lowest BCUT2D eigenvalue weighted by Gasteiger charge is -2.01. The van der Waals surface area contributed by atoms with Gasteiger partial charge in [0.25, 0.3) is 0 Å². The summed E-state index contributed by atoms with van der Waals surface area (Å²) in [5.74, 6) is 0. The SMILES string of the molecule is C=CC(N)O[PH](=O)O. The van der Waals surface area contributed by atoms with Gasteiger partial charge in [0.15, 0.2) is 0 Å². The summed E-state index contributed by atoms with van der Waals surface area (Å²) in [5, 5.41) is 0. The maximum absolute atomic E-state index is 9.80. The lowest BCUT2D eigenvalue weighted by molar-refractivity contribution is 0.235. The minimum Gasteiger partial charge on any atom is -0.326 e. The average Bonchev–Trinajstić information content (AvgIpc) is 1.65. The summed E-state index contributed by atoms with van der Waals surface area (Å²) in [4.78, 5) is 8.05. The zero-order valence-corrected chi connectivity index (χ0v) is 5.20. The predicted molar refractivity (Wildman–Crippen MR) is 30.5 cm³/mol. The van der Waals surface area contributed by atoms with E-state index in [0.717, 1.165) is 0 Å². The van der Waals surface area contributed by atoms with Crippen LogP contribution in [0.25, 0.3) is 0 Å². The Hall–Kier alpha value is -0.150. The van der Waals surface area contributed by atoms with Crippen molar-refractivity contribution >= 4 is 8.25 Å². The smallest absolute Gasteiger partial charge is 0.318 e. The molecule has 2 unspecified atom stereocenters. The van der Waals surface area contributed by atoms with Crippen LogP contribution in [0.5, 0.6) is 0 Å². The molecule has 0 saturated carbocycles. The molecule has 0 aliphatic rings. The van der Waals surface area contributed by atoms with E-state index in [-0.39, 0.29) is 0 Å². The first-order valence-electron chi connectivity index (χ1n) is 1.94. The molecule has 8 heavy (non-hydrogen) atoms. The van der Waals surface area contributed by atoms with Crippen LogP contribution in [0.2, 0.25) is 0 Å². The number of hydrogen-bond acceptors (Lipinski definition) is 3. The van der Waals surface area contributed by atoms with Crippen molar-refractivity contribution in [3.05, 3.63) is 12.7 Å². The van der Waals surface area contributed by atoms with E-state index in [1.54, 1.807) is 0 Å². The predicted octanol–water partition coefficient (Wildman–Crippen LogP) is -0.144. The lowest BCUT2D eigenvalue weighted by Crippen LogP contribution is -2.16. The van der Waals surface area contributed by atoms with Crippen molar-refractivity contribution in [2.24, 2.45) is 5.73 Å². The van der Waals surface area contributed by atoms with Gasteiger partial charge in [-0.2, -0.15) is 0 Å². The van der Waals surface area contributed by atoms with E-state index in [1.165, 1.54) is 6.08 Å². The molecule has 3 N–H and O–H groups in total. The molecular formula is C3H8NO3P. The third-order valence-corrected chi connectivity index (χ3v) is 0.943. The molecule has 0 amide bonds. The topological polar surface area (TPSA) is 72.5 Å². The van der Waals surface area contributed by atoms with E-state index < -0.39 is 14.5 Å². The van der Waals surface area contributed by atoms with Gasteiger partial charge in [0.1, 0.15) is 6.23 Å². The van der Waals surface area contributed by atoms with Crippen molar-refractivity contribution in [1.29, 1.82) is 0 Å². The molecule has 0 aromatic heterocycles. The molecule has 5 heteroatoms. The normalized spacial score (nSPS) is 17.2. The van der Waals surface area contributed by atoms with Gasteiger partial charge in [-0.1, -0.05) is 6.58 Å². The molecule has 2 atom stereocenters. The summed E-state index contributed by atoms with van der Waals surface area (Å²) in [6.45, 7) is 3.23. The van der Waals surface area contributed by atoms with Crippen LogP contribution in [-0.4, -0.2) is 11.1 Å². The van der Waals surface area contributed by atoms with Crippen LogP contribution in [0.1, 0.15) is 0 Å². The molecule has 0 saturated heterocycles. The largest absolute Gasteiger partial charge is 0.326 e. The van der Waals surface area contributed by atoms with E-state index in [0.29, 0.717) is 0 Å². The summed E-state index contributed by atoms with van der Waals surface area (Å²) >= 11 is 0. The van der Waals surface area contributed by atoms with E-state index in [1.807, 2.05) is 0 Å². The van der Waals surface area contributed by atoms with Gasteiger partial charge in [-0.15, -0.1) is 0 Å². The van der Waals surface area contributed by atoms with Crippen molar-refractivity contribution in [2.75, 3.05) is 0 Å². The summed E-state index contributed by atoms with van der Waals surface area (Å²) < 4.78 is 14.0. The monoisotopic (exact) mass is 137 g/mol. The fourth-order valence-electron chi connectivity index (χ4n) is 0.165. The number of hydrogen-bond donors (Lipinski definition) is 2. The fraction of sp³-hybridized carbons (Fsp3) is 0.333. The van der Waals surface area contributed by atoms with E-state index in [9.17, 15) is 4.57 Å². The molecule has 0 aromatic carbocycles. The zero-order chi connectivity index (χ0) is 6.57. The fourth-order valence-corrected chi connectivity index (χ4v) is 0.494. The van der Waals surface area contributed by atoms with E-state index in [4.69, 9.17) is 10.6 Å². The minimum atomic E-state index is -2.89. The molecule has 0 aliphatic heterocycles. The molecule has 0 aliphatic carbocycles. The molecule has 0 spiro atoms. The molecule has 0 fully saturated rings. The van der Waals surface area contributed by atoms with Gasteiger partial charge in [0, 0.05) is 0 Å². The van der Waals surface area contributed by atoms with Crippen LogP contribution in [0, 0.1) is 0 Å². The van der Waals surface area contributed by atoms with Gasteiger partial charge in [-0.05, 0) is 6.08 Å². The Balaban J connectivity index is 3.38.